The SMILES string of the molecule is CCc1ccc2ncc(NC)cc2c1. The van der Waals surface area contributed by atoms with Crippen molar-refractivity contribution < 1.29 is 0 Å². The van der Waals surface area contributed by atoms with Crippen LogP contribution in [-0.4, -0.2) is 12.0 Å². The van der Waals surface area contributed by atoms with Gasteiger partial charge < -0.3 is 5.32 Å². The number of nitrogens with zero attached hydrogens (tertiary/aromatic N) is 1. The summed E-state index contributed by atoms with van der Waals surface area (Å²) in [6, 6.07) is 8.53. The van der Waals surface area contributed by atoms with Crippen molar-refractivity contribution in [2.45, 2.75) is 13.3 Å². The first-order valence-electron chi connectivity index (χ1n) is 4.90. The Morgan fingerprint density at radius 2 is 2.14 bits per heavy atom. The lowest BCUT2D eigenvalue weighted by Crippen LogP contribution is -1.90. The van der Waals surface area contributed by atoms with E-state index in [9.17, 15) is 0 Å². The highest BCUT2D eigenvalue weighted by molar-refractivity contribution is 5.82. The van der Waals surface area contributed by atoms with E-state index in [1.165, 1.54) is 10.9 Å². The summed E-state index contributed by atoms with van der Waals surface area (Å²) in [5.74, 6) is 0. The molecular formula is C12H14N2. The summed E-state index contributed by atoms with van der Waals surface area (Å²) >= 11 is 0. The molecule has 0 amide bonds. The third kappa shape index (κ3) is 1.55. The van der Waals surface area contributed by atoms with Gasteiger partial charge in [-0.05, 0) is 30.2 Å². The zero-order valence-corrected chi connectivity index (χ0v) is 8.54. The normalized spacial score (nSPS) is 10.4. The molecule has 1 heterocycles. The average Bonchev–Trinajstić information content (AvgIpc) is 2.27. The van der Waals surface area contributed by atoms with Crippen molar-refractivity contribution in [2.75, 3.05) is 12.4 Å². The zero-order chi connectivity index (χ0) is 9.97. The van der Waals surface area contributed by atoms with Gasteiger partial charge in [-0.25, -0.2) is 0 Å². The minimum Gasteiger partial charge on any atom is -0.387 e. The van der Waals surface area contributed by atoms with Crippen molar-refractivity contribution in [3.8, 4) is 0 Å². The van der Waals surface area contributed by atoms with Gasteiger partial charge >= 0.3 is 0 Å². The van der Waals surface area contributed by atoms with Crippen molar-refractivity contribution in [1.82, 2.24) is 4.98 Å². The van der Waals surface area contributed by atoms with Gasteiger partial charge in [-0.15, -0.1) is 0 Å². The van der Waals surface area contributed by atoms with Gasteiger partial charge in [-0.1, -0.05) is 13.0 Å². The van der Waals surface area contributed by atoms with Crippen LogP contribution in [-0.2, 0) is 6.42 Å². The van der Waals surface area contributed by atoms with Crippen LogP contribution in [0.4, 0.5) is 5.69 Å². The molecule has 0 aliphatic carbocycles. The van der Waals surface area contributed by atoms with E-state index < -0.39 is 0 Å². The number of anilines is 1. The van der Waals surface area contributed by atoms with Crippen molar-refractivity contribution in [2.24, 2.45) is 0 Å². The Labute approximate surface area is 84.0 Å². The molecule has 0 atom stereocenters. The van der Waals surface area contributed by atoms with Gasteiger partial charge in [0.2, 0.25) is 0 Å². The van der Waals surface area contributed by atoms with E-state index in [2.05, 4.69) is 41.5 Å². The Morgan fingerprint density at radius 1 is 1.29 bits per heavy atom. The van der Waals surface area contributed by atoms with Crippen molar-refractivity contribution >= 4 is 16.6 Å². The highest BCUT2D eigenvalue weighted by atomic mass is 14.8. The van der Waals surface area contributed by atoms with Crippen LogP contribution in [0.2, 0.25) is 0 Å². The first-order valence-corrected chi connectivity index (χ1v) is 4.90. The minimum atomic E-state index is 1.06. The number of fused-ring (bicyclic) bond motifs is 1. The molecule has 1 aromatic heterocycles. The Bertz CT molecular complexity index is 410. The van der Waals surface area contributed by atoms with E-state index in [-0.39, 0.29) is 0 Å². The van der Waals surface area contributed by atoms with Crippen molar-refractivity contribution in [3.05, 3.63) is 36.0 Å². The van der Waals surface area contributed by atoms with Gasteiger partial charge in [0, 0.05) is 12.4 Å². The topological polar surface area (TPSA) is 24.9 Å². The molecule has 0 radical (unpaired) electrons. The van der Waals surface area contributed by atoms with E-state index in [4.69, 9.17) is 0 Å². The lowest BCUT2D eigenvalue weighted by atomic mass is 10.1. The molecule has 2 aromatic rings. The molecular weight excluding hydrogens is 172 g/mol. The molecule has 72 valence electrons. The highest BCUT2D eigenvalue weighted by Crippen LogP contribution is 2.17. The largest absolute Gasteiger partial charge is 0.387 e. The maximum atomic E-state index is 4.36. The van der Waals surface area contributed by atoms with E-state index >= 15 is 0 Å². The van der Waals surface area contributed by atoms with Gasteiger partial charge in [0.25, 0.3) is 0 Å². The number of benzene rings is 1. The van der Waals surface area contributed by atoms with Gasteiger partial charge in [-0.3, -0.25) is 4.98 Å². The summed E-state index contributed by atoms with van der Waals surface area (Å²) in [7, 11) is 1.91. The maximum Gasteiger partial charge on any atom is 0.0703 e. The number of hydrogen-bond acceptors (Lipinski definition) is 2. The average molecular weight is 186 g/mol. The Hall–Kier alpha value is -1.57. The predicted molar refractivity (Wildman–Crippen MR) is 60.7 cm³/mol. The number of nitrogens with one attached hydrogen (secondary N) is 1. The zero-order valence-electron chi connectivity index (χ0n) is 8.54. The first-order chi connectivity index (χ1) is 6.83. The minimum absolute atomic E-state index is 1.06. The van der Waals surface area contributed by atoms with Crippen LogP contribution in [0, 0.1) is 0 Å². The van der Waals surface area contributed by atoms with Gasteiger partial charge in [-0.2, -0.15) is 0 Å². The second-order valence-electron chi connectivity index (χ2n) is 3.35. The number of pyridine rings is 1. The molecule has 0 spiro atoms. The first kappa shape index (κ1) is 9.00. The number of rotatable bonds is 2. The maximum absolute atomic E-state index is 4.36. The molecule has 0 saturated carbocycles. The van der Waals surface area contributed by atoms with E-state index in [1.807, 2.05) is 13.2 Å². The number of aromatic nitrogens is 1. The molecule has 0 bridgehead atoms. The summed E-state index contributed by atoms with van der Waals surface area (Å²) in [6.07, 6.45) is 2.92. The smallest absolute Gasteiger partial charge is 0.0703 e. The molecule has 0 aliphatic rings. The number of hydrogen-bond donors (Lipinski definition) is 1. The monoisotopic (exact) mass is 186 g/mol. The summed E-state index contributed by atoms with van der Waals surface area (Å²) < 4.78 is 0. The molecule has 1 N–H and O–H groups in total. The van der Waals surface area contributed by atoms with E-state index in [0.717, 1.165) is 17.6 Å². The Balaban J connectivity index is 2.60. The standard InChI is InChI=1S/C12H14N2/c1-3-9-4-5-12-10(6-9)7-11(13-2)8-14-12/h4-8,13H,3H2,1-2H3. The Morgan fingerprint density at radius 3 is 2.86 bits per heavy atom. The van der Waals surface area contributed by atoms with Crippen LogP contribution in [0.25, 0.3) is 10.9 Å². The second-order valence-corrected chi connectivity index (χ2v) is 3.35. The molecule has 2 rings (SSSR count). The third-order valence-electron chi connectivity index (χ3n) is 2.44. The van der Waals surface area contributed by atoms with Crippen LogP contribution >= 0.6 is 0 Å². The highest BCUT2D eigenvalue weighted by Gasteiger charge is 1.97. The summed E-state index contributed by atoms with van der Waals surface area (Å²) in [6.45, 7) is 2.16. The van der Waals surface area contributed by atoms with E-state index in [0.29, 0.717) is 0 Å². The third-order valence-corrected chi connectivity index (χ3v) is 2.44. The quantitative estimate of drug-likeness (QED) is 0.780. The van der Waals surface area contributed by atoms with Crippen LogP contribution in [0.5, 0.6) is 0 Å². The molecule has 2 heteroatoms. The van der Waals surface area contributed by atoms with E-state index in [1.54, 1.807) is 0 Å². The molecule has 0 aliphatic heterocycles. The Kier molecular flexibility index (Phi) is 2.35. The van der Waals surface area contributed by atoms with Gasteiger partial charge in [0.1, 0.15) is 0 Å². The fourth-order valence-electron chi connectivity index (χ4n) is 1.54. The summed E-state index contributed by atoms with van der Waals surface area (Å²) in [5.41, 5.74) is 3.47. The van der Waals surface area contributed by atoms with Crippen LogP contribution in [0.1, 0.15) is 12.5 Å². The fraction of sp³-hybridized carbons (Fsp3) is 0.250. The summed E-state index contributed by atoms with van der Waals surface area (Å²) in [5, 5.41) is 4.30. The van der Waals surface area contributed by atoms with Crippen LogP contribution < -0.4 is 5.32 Å². The van der Waals surface area contributed by atoms with Crippen LogP contribution in [0.15, 0.2) is 30.5 Å². The molecule has 1 aromatic carbocycles. The number of aryl methyl sites for hydroxylation is 1. The van der Waals surface area contributed by atoms with Crippen molar-refractivity contribution in [3.63, 3.8) is 0 Å². The van der Waals surface area contributed by atoms with Gasteiger partial charge in [0.05, 0.1) is 17.4 Å². The molecule has 0 saturated heterocycles. The molecule has 0 fully saturated rings. The summed E-state index contributed by atoms with van der Waals surface area (Å²) in [4.78, 5) is 4.36. The van der Waals surface area contributed by atoms with Crippen molar-refractivity contribution in [1.29, 1.82) is 0 Å². The lowest BCUT2D eigenvalue weighted by molar-refractivity contribution is 1.14. The van der Waals surface area contributed by atoms with Gasteiger partial charge in [0.15, 0.2) is 0 Å². The van der Waals surface area contributed by atoms with Crippen LogP contribution in [0.3, 0.4) is 0 Å². The molecule has 0 unspecified atom stereocenters. The fourth-order valence-corrected chi connectivity index (χ4v) is 1.54. The predicted octanol–water partition coefficient (Wildman–Crippen LogP) is 2.84. The second kappa shape index (κ2) is 3.66. The lowest BCUT2D eigenvalue weighted by Gasteiger charge is -2.03. The molecule has 14 heavy (non-hydrogen) atoms. The molecule has 2 nitrogen and oxygen atoms in total.